The SMILES string of the molecule is Cc1cc(Br)cc(NC(=O)NC2COCC2C(=O)O)c1. The molecular formula is C13H15BrN2O4. The van der Waals surface area contributed by atoms with Crippen molar-refractivity contribution >= 4 is 33.6 Å². The van der Waals surface area contributed by atoms with Crippen molar-refractivity contribution in [2.24, 2.45) is 5.92 Å². The zero-order valence-electron chi connectivity index (χ0n) is 10.9. The number of aliphatic carboxylic acids is 1. The van der Waals surface area contributed by atoms with E-state index in [2.05, 4.69) is 26.6 Å². The monoisotopic (exact) mass is 342 g/mol. The summed E-state index contributed by atoms with van der Waals surface area (Å²) >= 11 is 3.35. The molecule has 1 fully saturated rings. The predicted octanol–water partition coefficient (Wildman–Crippen LogP) is 1.98. The molecule has 2 amide bonds. The Kier molecular flexibility index (Phi) is 4.61. The molecular weight excluding hydrogens is 328 g/mol. The number of amides is 2. The number of urea groups is 1. The number of carbonyl (C=O) groups is 2. The van der Waals surface area contributed by atoms with Crippen LogP contribution in [0, 0.1) is 12.8 Å². The fourth-order valence-electron chi connectivity index (χ4n) is 2.08. The van der Waals surface area contributed by atoms with E-state index in [0.717, 1.165) is 10.0 Å². The van der Waals surface area contributed by atoms with Gasteiger partial charge in [0, 0.05) is 10.2 Å². The van der Waals surface area contributed by atoms with Crippen LogP contribution in [0.1, 0.15) is 5.56 Å². The molecule has 0 aliphatic carbocycles. The van der Waals surface area contributed by atoms with Crippen LogP contribution in [0.25, 0.3) is 0 Å². The van der Waals surface area contributed by atoms with Crippen LogP contribution in [-0.4, -0.2) is 36.4 Å². The lowest BCUT2D eigenvalue weighted by Crippen LogP contribution is -2.44. The summed E-state index contributed by atoms with van der Waals surface area (Å²) < 4.78 is 5.95. The van der Waals surface area contributed by atoms with Crippen molar-refractivity contribution in [2.75, 3.05) is 18.5 Å². The quantitative estimate of drug-likeness (QED) is 0.783. The van der Waals surface area contributed by atoms with Crippen LogP contribution in [0.5, 0.6) is 0 Å². The van der Waals surface area contributed by atoms with Crippen LogP contribution in [0.3, 0.4) is 0 Å². The summed E-state index contributed by atoms with van der Waals surface area (Å²) in [6.07, 6.45) is 0. The third-order valence-electron chi connectivity index (χ3n) is 3.01. The number of carboxylic acids is 1. The van der Waals surface area contributed by atoms with E-state index in [1.165, 1.54) is 0 Å². The molecule has 0 aromatic heterocycles. The minimum Gasteiger partial charge on any atom is -0.481 e. The third kappa shape index (κ3) is 3.71. The predicted molar refractivity (Wildman–Crippen MR) is 76.8 cm³/mol. The van der Waals surface area contributed by atoms with Crippen LogP contribution >= 0.6 is 15.9 Å². The van der Waals surface area contributed by atoms with Crippen LogP contribution < -0.4 is 10.6 Å². The first-order chi connectivity index (χ1) is 9.45. The molecule has 0 bridgehead atoms. The number of rotatable bonds is 3. The van der Waals surface area contributed by atoms with Gasteiger partial charge >= 0.3 is 12.0 Å². The lowest BCUT2D eigenvalue weighted by molar-refractivity contribution is -0.142. The average Bonchev–Trinajstić information content (AvgIpc) is 2.75. The van der Waals surface area contributed by atoms with E-state index in [1.54, 1.807) is 6.07 Å². The van der Waals surface area contributed by atoms with Crippen molar-refractivity contribution < 1.29 is 19.4 Å². The molecule has 1 aliphatic rings. The van der Waals surface area contributed by atoms with Crippen molar-refractivity contribution in [1.29, 1.82) is 0 Å². The van der Waals surface area contributed by atoms with Gasteiger partial charge in [0.1, 0.15) is 5.92 Å². The van der Waals surface area contributed by atoms with Gasteiger partial charge in [-0.2, -0.15) is 0 Å². The maximum absolute atomic E-state index is 11.9. The average molecular weight is 343 g/mol. The first kappa shape index (κ1) is 14.8. The van der Waals surface area contributed by atoms with Gasteiger partial charge < -0.3 is 20.5 Å². The van der Waals surface area contributed by atoms with Gasteiger partial charge in [0.05, 0.1) is 19.3 Å². The lowest BCUT2D eigenvalue weighted by Gasteiger charge is -2.16. The highest BCUT2D eigenvalue weighted by Gasteiger charge is 2.35. The number of aryl methyl sites for hydroxylation is 1. The minimum absolute atomic E-state index is 0.121. The van der Waals surface area contributed by atoms with Crippen LogP contribution in [0.4, 0.5) is 10.5 Å². The molecule has 1 aliphatic heterocycles. The molecule has 3 N–H and O–H groups in total. The van der Waals surface area contributed by atoms with Gasteiger partial charge in [-0.05, 0) is 30.7 Å². The summed E-state index contributed by atoms with van der Waals surface area (Å²) in [5.41, 5.74) is 1.64. The van der Waals surface area contributed by atoms with E-state index in [4.69, 9.17) is 9.84 Å². The Labute approximate surface area is 124 Å². The van der Waals surface area contributed by atoms with Crippen LogP contribution in [-0.2, 0) is 9.53 Å². The molecule has 7 heteroatoms. The van der Waals surface area contributed by atoms with E-state index in [0.29, 0.717) is 5.69 Å². The smallest absolute Gasteiger partial charge is 0.319 e. The summed E-state index contributed by atoms with van der Waals surface area (Å²) in [5, 5.41) is 14.3. The molecule has 2 rings (SSSR count). The molecule has 1 saturated heterocycles. The van der Waals surface area contributed by atoms with E-state index >= 15 is 0 Å². The second kappa shape index (κ2) is 6.23. The van der Waals surface area contributed by atoms with Gasteiger partial charge in [0.25, 0.3) is 0 Å². The number of hydrogen-bond donors (Lipinski definition) is 3. The fourth-order valence-corrected chi connectivity index (χ4v) is 2.69. The number of carbonyl (C=O) groups excluding carboxylic acids is 1. The Balaban J connectivity index is 1.97. The first-order valence-electron chi connectivity index (χ1n) is 6.11. The van der Waals surface area contributed by atoms with Crippen molar-refractivity contribution in [2.45, 2.75) is 13.0 Å². The Hall–Kier alpha value is -1.60. The maximum atomic E-state index is 11.9. The summed E-state index contributed by atoms with van der Waals surface area (Å²) in [4.78, 5) is 22.9. The fraction of sp³-hybridized carbons (Fsp3) is 0.385. The summed E-state index contributed by atoms with van der Waals surface area (Å²) in [7, 11) is 0. The lowest BCUT2D eigenvalue weighted by atomic mass is 10.0. The zero-order valence-corrected chi connectivity index (χ0v) is 12.4. The second-order valence-corrected chi connectivity index (χ2v) is 5.62. The normalized spacial score (nSPS) is 21.5. The number of carboxylic acid groups (broad SMARTS) is 1. The third-order valence-corrected chi connectivity index (χ3v) is 3.47. The van der Waals surface area contributed by atoms with Gasteiger partial charge in [-0.1, -0.05) is 15.9 Å². The Morgan fingerprint density at radius 2 is 2.10 bits per heavy atom. The number of halogens is 1. The van der Waals surface area contributed by atoms with E-state index < -0.39 is 24.0 Å². The molecule has 0 saturated carbocycles. The molecule has 0 radical (unpaired) electrons. The topological polar surface area (TPSA) is 87.7 Å². The van der Waals surface area contributed by atoms with Gasteiger partial charge in [-0.15, -0.1) is 0 Å². The van der Waals surface area contributed by atoms with Crippen molar-refractivity contribution in [1.82, 2.24) is 5.32 Å². The molecule has 1 aromatic carbocycles. The minimum atomic E-state index is -0.967. The summed E-state index contributed by atoms with van der Waals surface area (Å²) in [6, 6.07) is 4.57. The number of ether oxygens (including phenoxy) is 1. The first-order valence-corrected chi connectivity index (χ1v) is 6.90. The number of hydrogen-bond acceptors (Lipinski definition) is 3. The largest absolute Gasteiger partial charge is 0.481 e. The zero-order chi connectivity index (χ0) is 14.7. The van der Waals surface area contributed by atoms with Crippen molar-refractivity contribution in [3.05, 3.63) is 28.2 Å². The summed E-state index contributed by atoms with van der Waals surface area (Å²) in [6.45, 7) is 2.25. The van der Waals surface area contributed by atoms with Crippen LogP contribution in [0.2, 0.25) is 0 Å². The molecule has 1 heterocycles. The van der Waals surface area contributed by atoms with E-state index in [-0.39, 0.29) is 13.2 Å². The van der Waals surface area contributed by atoms with Gasteiger partial charge in [0.2, 0.25) is 0 Å². The Morgan fingerprint density at radius 1 is 1.35 bits per heavy atom. The van der Waals surface area contributed by atoms with Gasteiger partial charge in [-0.25, -0.2) is 4.79 Å². The standard InChI is InChI=1S/C13H15BrN2O4/c1-7-2-8(14)4-9(3-7)15-13(19)16-11-6-20-5-10(11)12(17)18/h2-4,10-11H,5-6H2,1H3,(H,17,18)(H2,15,16,19). The maximum Gasteiger partial charge on any atom is 0.319 e. The molecule has 108 valence electrons. The van der Waals surface area contributed by atoms with Gasteiger partial charge in [-0.3, -0.25) is 4.79 Å². The van der Waals surface area contributed by atoms with Crippen molar-refractivity contribution in [3.63, 3.8) is 0 Å². The molecule has 20 heavy (non-hydrogen) atoms. The number of benzene rings is 1. The molecule has 0 spiro atoms. The van der Waals surface area contributed by atoms with Crippen molar-refractivity contribution in [3.8, 4) is 0 Å². The highest BCUT2D eigenvalue weighted by Crippen LogP contribution is 2.19. The highest BCUT2D eigenvalue weighted by atomic mass is 79.9. The van der Waals surface area contributed by atoms with E-state index in [1.807, 2.05) is 19.1 Å². The molecule has 2 unspecified atom stereocenters. The Morgan fingerprint density at radius 3 is 2.75 bits per heavy atom. The number of anilines is 1. The Bertz CT molecular complexity index is 515. The molecule has 6 nitrogen and oxygen atoms in total. The van der Waals surface area contributed by atoms with Gasteiger partial charge in [0.15, 0.2) is 0 Å². The number of nitrogens with one attached hydrogen (secondary N) is 2. The highest BCUT2D eigenvalue weighted by molar-refractivity contribution is 9.10. The summed E-state index contributed by atoms with van der Waals surface area (Å²) in [5.74, 6) is -1.67. The van der Waals surface area contributed by atoms with Crippen LogP contribution in [0.15, 0.2) is 22.7 Å². The molecule has 1 aromatic rings. The second-order valence-electron chi connectivity index (χ2n) is 4.70. The molecule has 2 atom stereocenters. The van der Waals surface area contributed by atoms with E-state index in [9.17, 15) is 9.59 Å².